The summed E-state index contributed by atoms with van der Waals surface area (Å²) in [5.41, 5.74) is 2.18. The highest BCUT2D eigenvalue weighted by Crippen LogP contribution is 2.23. The molecule has 6 nitrogen and oxygen atoms in total. The molecular weight excluding hydrogens is 416 g/mol. The van der Waals surface area contributed by atoms with Crippen molar-refractivity contribution in [3.05, 3.63) is 58.6 Å². The molecule has 0 aromatic heterocycles. The predicted octanol–water partition coefficient (Wildman–Crippen LogP) is 3.87. The quantitative estimate of drug-likeness (QED) is 0.580. The third kappa shape index (κ3) is 6.37. The number of halogens is 1. The predicted molar refractivity (Wildman–Crippen MR) is 121 cm³/mol. The van der Waals surface area contributed by atoms with Gasteiger partial charge in [-0.05, 0) is 49.6 Å². The van der Waals surface area contributed by atoms with E-state index in [1.54, 1.807) is 11.0 Å². The van der Waals surface area contributed by atoms with Crippen LogP contribution in [0.15, 0.2) is 42.5 Å². The van der Waals surface area contributed by atoms with Gasteiger partial charge in [-0.1, -0.05) is 35.9 Å². The van der Waals surface area contributed by atoms with Gasteiger partial charge in [0.2, 0.25) is 5.91 Å². The molecule has 0 atom stereocenters. The van der Waals surface area contributed by atoms with Crippen LogP contribution < -0.4 is 9.47 Å². The van der Waals surface area contributed by atoms with Crippen molar-refractivity contribution in [2.75, 3.05) is 39.4 Å². The van der Waals surface area contributed by atoms with E-state index < -0.39 is 0 Å². The summed E-state index contributed by atoms with van der Waals surface area (Å²) >= 11 is 6.06. The minimum atomic E-state index is -0.0545. The molecule has 0 N–H and O–H groups in total. The van der Waals surface area contributed by atoms with E-state index in [4.69, 9.17) is 21.1 Å². The molecule has 0 saturated carbocycles. The normalized spacial score (nSPS) is 13.8. The van der Waals surface area contributed by atoms with Crippen LogP contribution in [-0.2, 0) is 9.59 Å². The first-order valence-electron chi connectivity index (χ1n) is 10.6. The number of hydrogen-bond donors (Lipinski definition) is 0. The van der Waals surface area contributed by atoms with Crippen molar-refractivity contribution in [1.29, 1.82) is 0 Å². The van der Waals surface area contributed by atoms with Gasteiger partial charge >= 0.3 is 0 Å². The topological polar surface area (TPSA) is 59.1 Å². The SMILES string of the molecule is Cc1cccc(OCC(=O)N2CCN(C(=O)CCCOc3ccccc3Cl)CC2)c1C. The zero-order chi connectivity index (χ0) is 22.2. The molecule has 1 heterocycles. The number of ether oxygens (including phenoxy) is 2. The lowest BCUT2D eigenvalue weighted by Gasteiger charge is -2.34. The Kier molecular flexibility index (Phi) is 8.18. The Morgan fingerprint density at radius 2 is 1.52 bits per heavy atom. The van der Waals surface area contributed by atoms with E-state index in [2.05, 4.69) is 0 Å². The average molecular weight is 445 g/mol. The number of benzene rings is 2. The monoisotopic (exact) mass is 444 g/mol. The lowest BCUT2D eigenvalue weighted by Crippen LogP contribution is -2.51. The van der Waals surface area contributed by atoms with E-state index in [-0.39, 0.29) is 18.4 Å². The van der Waals surface area contributed by atoms with Crippen LogP contribution in [0.4, 0.5) is 0 Å². The molecule has 1 aliphatic rings. The summed E-state index contributed by atoms with van der Waals surface area (Å²) in [6.45, 7) is 6.58. The summed E-state index contributed by atoms with van der Waals surface area (Å²) in [7, 11) is 0. The summed E-state index contributed by atoms with van der Waals surface area (Å²) in [6.07, 6.45) is 1.03. The Bertz CT molecular complexity index is 910. The number of carbonyl (C=O) groups excluding carboxylic acids is 2. The molecule has 2 aromatic carbocycles. The second kappa shape index (κ2) is 11.0. The van der Waals surface area contributed by atoms with Gasteiger partial charge in [0.25, 0.3) is 5.91 Å². The molecular formula is C24H29ClN2O4. The highest BCUT2D eigenvalue weighted by atomic mass is 35.5. The molecule has 166 valence electrons. The number of rotatable bonds is 8. The third-order valence-electron chi connectivity index (χ3n) is 5.52. The molecule has 7 heteroatoms. The fourth-order valence-corrected chi connectivity index (χ4v) is 3.63. The van der Waals surface area contributed by atoms with Gasteiger partial charge in [-0.15, -0.1) is 0 Å². The molecule has 1 fully saturated rings. The van der Waals surface area contributed by atoms with Crippen LogP contribution >= 0.6 is 11.6 Å². The van der Waals surface area contributed by atoms with E-state index in [1.165, 1.54) is 0 Å². The second-order valence-electron chi connectivity index (χ2n) is 7.63. The number of hydrogen-bond acceptors (Lipinski definition) is 4. The molecule has 0 aliphatic carbocycles. The molecule has 0 bridgehead atoms. The minimum Gasteiger partial charge on any atom is -0.492 e. The molecule has 3 rings (SSSR count). The van der Waals surface area contributed by atoms with Gasteiger partial charge in [-0.25, -0.2) is 0 Å². The van der Waals surface area contributed by atoms with Crippen LogP contribution in [0.25, 0.3) is 0 Å². The minimum absolute atomic E-state index is 0.0115. The fourth-order valence-electron chi connectivity index (χ4n) is 3.44. The Morgan fingerprint density at radius 1 is 0.871 bits per heavy atom. The van der Waals surface area contributed by atoms with Crippen LogP contribution in [-0.4, -0.2) is 61.0 Å². The summed E-state index contributed by atoms with van der Waals surface area (Å²) in [5.74, 6) is 1.40. The number of nitrogens with zero attached hydrogens (tertiary/aromatic N) is 2. The van der Waals surface area contributed by atoms with E-state index in [0.29, 0.717) is 56.4 Å². The van der Waals surface area contributed by atoms with Gasteiger partial charge in [-0.3, -0.25) is 9.59 Å². The van der Waals surface area contributed by atoms with Gasteiger partial charge in [0.15, 0.2) is 6.61 Å². The average Bonchev–Trinajstić information content (AvgIpc) is 2.78. The number of carbonyl (C=O) groups is 2. The molecule has 2 aromatic rings. The first kappa shape index (κ1) is 22.9. The Hall–Kier alpha value is -2.73. The zero-order valence-corrected chi connectivity index (χ0v) is 18.9. The summed E-state index contributed by atoms with van der Waals surface area (Å²) in [6, 6.07) is 13.1. The Morgan fingerprint density at radius 3 is 2.23 bits per heavy atom. The van der Waals surface area contributed by atoms with E-state index in [0.717, 1.165) is 16.9 Å². The maximum Gasteiger partial charge on any atom is 0.260 e. The largest absolute Gasteiger partial charge is 0.492 e. The van der Waals surface area contributed by atoms with Gasteiger partial charge in [0.05, 0.1) is 11.6 Å². The van der Waals surface area contributed by atoms with Crippen molar-refractivity contribution >= 4 is 23.4 Å². The van der Waals surface area contributed by atoms with Crippen LogP contribution in [0.3, 0.4) is 0 Å². The van der Waals surface area contributed by atoms with Gasteiger partial charge in [0.1, 0.15) is 11.5 Å². The van der Waals surface area contributed by atoms with Crippen molar-refractivity contribution < 1.29 is 19.1 Å². The molecule has 0 spiro atoms. The Labute approximate surface area is 188 Å². The van der Waals surface area contributed by atoms with E-state index in [1.807, 2.05) is 55.1 Å². The summed E-state index contributed by atoms with van der Waals surface area (Å²) in [5, 5.41) is 0.566. The first-order valence-corrected chi connectivity index (χ1v) is 11.0. The molecule has 1 saturated heterocycles. The van der Waals surface area contributed by atoms with Crippen molar-refractivity contribution in [3.8, 4) is 11.5 Å². The van der Waals surface area contributed by atoms with Gasteiger partial charge in [-0.2, -0.15) is 0 Å². The number of amides is 2. The zero-order valence-electron chi connectivity index (χ0n) is 18.1. The highest BCUT2D eigenvalue weighted by molar-refractivity contribution is 6.32. The summed E-state index contributed by atoms with van der Waals surface area (Å²) < 4.78 is 11.4. The van der Waals surface area contributed by atoms with E-state index in [9.17, 15) is 9.59 Å². The number of piperazine rings is 1. The molecule has 1 aliphatic heterocycles. The molecule has 0 radical (unpaired) electrons. The van der Waals surface area contributed by atoms with Gasteiger partial charge < -0.3 is 19.3 Å². The number of para-hydroxylation sites is 1. The van der Waals surface area contributed by atoms with E-state index >= 15 is 0 Å². The van der Waals surface area contributed by atoms with Gasteiger partial charge in [0, 0.05) is 32.6 Å². The van der Waals surface area contributed by atoms with Crippen molar-refractivity contribution in [2.24, 2.45) is 0 Å². The van der Waals surface area contributed by atoms with Crippen molar-refractivity contribution in [3.63, 3.8) is 0 Å². The maximum absolute atomic E-state index is 12.5. The summed E-state index contributed by atoms with van der Waals surface area (Å²) in [4.78, 5) is 28.5. The third-order valence-corrected chi connectivity index (χ3v) is 5.83. The standard InChI is InChI=1S/C24H29ClN2O4/c1-18-7-5-10-21(19(18)2)31-17-24(29)27-14-12-26(13-15-27)23(28)11-6-16-30-22-9-4-3-8-20(22)25/h3-5,7-10H,6,11-17H2,1-2H3. The molecule has 0 unspecified atom stereocenters. The molecule has 2 amide bonds. The Balaban J connectivity index is 1.35. The second-order valence-corrected chi connectivity index (χ2v) is 8.04. The lowest BCUT2D eigenvalue weighted by molar-refractivity contribution is -0.140. The smallest absolute Gasteiger partial charge is 0.260 e. The van der Waals surface area contributed by atoms with Crippen molar-refractivity contribution in [1.82, 2.24) is 9.80 Å². The van der Waals surface area contributed by atoms with Crippen LogP contribution in [0.1, 0.15) is 24.0 Å². The van der Waals surface area contributed by atoms with Crippen LogP contribution in [0, 0.1) is 13.8 Å². The fraction of sp³-hybridized carbons (Fsp3) is 0.417. The van der Waals surface area contributed by atoms with Crippen LogP contribution in [0.5, 0.6) is 11.5 Å². The first-order chi connectivity index (χ1) is 15.0. The number of aryl methyl sites for hydroxylation is 1. The molecule has 31 heavy (non-hydrogen) atoms. The highest BCUT2D eigenvalue weighted by Gasteiger charge is 2.24. The lowest BCUT2D eigenvalue weighted by atomic mass is 10.1. The van der Waals surface area contributed by atoms with Crippen LogP contribution in [0.2, 0.25) is 5.02 Å². The van der Waals surface area contributed by atoms with Crippen molar-refractivity contribution in [2.45, 2.75) is 26.7 Å². The maximum atomic E-state index is 12.5.